The topological polar surface area (TPSA) is 46.2 Å². The van der Waals surface area contributed by atoms with Crippen LogP contribution in [0.3, 0.4) is 0 Å². The summed E-state index contributed by atoms with van der Waals surface area (Å²) in [5.74, 6) is 0.194. The van der Waals surface area contributed by atoms with Crippen molar-refractivity contribution in [1.29, 1.82) is 0 Å². The molecule has 1 aliphatic carbocycles. The lowest BCUT2D eigenvalue weighted by Gasteiger charge is -2.27. The Morgan fingerprint density at radius 3 is 2.25 bits per heavy atom. The van der Waals surface area contributed by atoms with Crippen molar-refractivity contribution in [3.63, 3.8) is 0 Å². The van der Waals surface area contributed by atoms with Crippen LogP contribution in [-0.2, 0) is 9.59 Å². The molecule has 1 aliphatic rings. The highest BCUT2D eigenvalue weighted by molar-refractivity contribution is 5.90. The number of nitrogens with one attached hydrogen (secondary N) is 1. The molecule has 1 N–H and O–H groups in total. The van der Waals surface area contributed by atoms with E-state index in [0.717, 1.165) is 32.1 Å². The summed E-state index contributed by atoms with van der Waals surface area (Å²) in [7, 11) is 0. The van der Waals surface area contributed by atoms with Crippen LogP contribution in [0.2, 0.25) is 0 Å². The molecule has 0 aromatic rings. The number of Topliss-reactive ketones (excluding diaryl/α,β-unsaturated/α-hetero) is 1. The Morgan fingerprint density at radius 1 is 1.25 bits per heavy atom. The summed E-state index contributed by atoms with van der Waals surface area (Å²) in [6, 6.07) is -0.332. The number of hydrogen-bond donors (Lipinski definition) is 1. The summed E-state index contributed by atoms with van der Waals surface area (Å²) < 4.78 is 0. The van der Waals surface area contributed by atoms with Crippen LogP contribution >= 0.6 is 0 Å². The molecule has 3 heteroatoms. The summed E-state index contributed by atoms with van der Waals surface area (Å²) in [5.41, 5.74) is -0.192. The monoisotopic (exact) mass is 225 g/mol. The molecule has 0 bridgehead atoms. The maximum atomic E-state index is 12.2. The fourth-order valence-electron chi connectivity index (χ4n) is 2.53. The summed E-state index contributed by atoms with van der Waals surface area (Å²) in [6.07, 6.45) is 5.59. The van der Waals surface area contributed by atoms with Gasteiger partial charge in [0.05, 0.1) is 6.04 Å². The van der Waals surface area contributed by atoms with Gasteiger partial charge in [0, 0.05) is 11.8 Å². The van der Waals surface area contributed by atoms with E-state index in [9.17, 15) is 9.59 Å². The van der Waals surface area contributed by atoms with Crippen molar-refractivity contribution in [3.8, 4) is 0 Å². The predicted octanol–water partition coefficient (Wildman–Crippen LogP) is 2.44. The van der Waals surface area contributed by atoms with E-state index in [0.29, 0.717) is 6.42 Å². The average molecular weight is 225 g/mol. The van der Waals surface area contributed by atoms with Gasteiger partial charge in [-0.25, -0.2) is 0 Å². The van der Waals surface area contributed by atoms with Crippen molar-refractivity contribution in [2.24, 2.45) is 5.41 Å². The summed E-state index contributed by atoms with van der Waals surface area (Å²) >= 11 is 0. The van der Waals surface area contributed by atoms with Crippen LogP contribution in [0.25, 0.3) is 0 Å². The second kappa shape index (κ2) is 5.46. The molecule has 1 rings (SSSR count). The van der Waals surface area contributed by atoms with E-state index in [1.165, 1.54) is 0 Å². The third-order valence-electron chi connectivity index (χ3n) is 3.90. The van der Waals surface area contributed by atoms with Crippen LogP contribution in [0.4, 0.5) is 0 Å². The van der Waals surface area contributed by atoms with Crippen molar-refractivity contribution in [2.45, 2.75) is 65.3 Å². The Bertz CT molecular complexity index is 267. The first-order chi connectivity index (χ1) is 7.55. The summed E-state index contributed by atoms with van der Waals surface area (Å²) in [6.45, 7) is 5.68. The second-order valence-electron chi connectivity index (χ2n) is 4.86. The lowest BCUT2D eigenvalue weighted by molar-refractivity contribution is -0.134. The SMILES string of the molecule is CCC(=O)C(C)NC(=O)C1(CC)CCCC1. The van der Waals surface area contributed by atoms with Crippen LogP contribution in [0.15, 0.2) is 0 Å². The van der Waals surface area contributed by atoms with Crippen molar-refractivity contribution >= 4 is 11.7 Å². The van der Waals surface area contributed by atoms with Crippen LogP contribution in [0.5, 0.6) is 0 Å². The number of ketones is 1. The average Bonchev–Trinajstić information content (AvgIpc) is 2.77. The summed E-state index contributed by atoms with van der Waals surface area (Å²) in [4.78, 5) is 23.6. The predicted molar refractivity (Wildman–Crippen MR) is 64.1 cm³/mol. The van der Waals surface area contributed by atoms with Gasteiger partial charge in [-0.15, -0.1) is 0 Å². The molecule has 0 spiro atoms. The van der Waals surface area contributed by atoms with Crippen molar-refractivity contribution < 1.29 is 9.59 Å². The van der Waals surface area contributed by atoms with E-state index in [-0.39, 0.29) is 23.1 Å². The molecule has 1 fully saturated rings. The quantitative estimate of drug-likeness (QED) is 0.781. The molecule has 1 atom stereocenters. The first-order valence-electron chi connectivity index (χ1n) is 6.39. The molecular formula is C13H23NO2. The van der Waals surface area contributed by atoms with Gasteiger partial charge in [-0.05, 0) is 26.2 Å². The van der Waals surface area contributed by atoms with Gasteiger partial charge in [-0.2, -0.15) is 0 Å². The molecule has 16 heavy (non-hydrogen) atoms. The smallest absolute Gasteiger partial charge is 0.226 e. The highest BCUT2D eigenvalue weighted by atomic mass is 16.2. The number of carbonyl (C=O) groups is 2. The lowest BCUT2D eigenvalue weighted by atomic mass is 9.82. The molecule has 0 heterocycles. The first-order valence-corrected chi connectivity index (χ1v) is 6.39. The van der Waals surface area contributed by atoms with Crippen LogP contribution in [0.1, 0.15) is 59.3 Å². The normalized spacial score (nSPS) is 20.4. The minimum Gasteiger partial charge on any atom is -0.346 e. The second-order valence-corrected chi connectivity index (χ2v) is 4.86. The third kappa shape index (κ3) is 2.63. The van der Waals surface area contributed by atoms with Gasteiger partial charge in [-0.3, -0.25) is 9.59 Å². The van der Waals surface area contributed by atoms with Gasteiger partial charge in [0.1, 0.15) is 0 Å². The molecule has 1 unspecified atom stereocenters. The van der Waals surface area contributed by atoms with Gasteiger partial charge in [0.15, 0.2) is 5.78 Å². The van der Waals surface area contributed by atoms with E-state index in [2.05, 4.69) is 12.2 Å². The maximum absolute atomic E-state index is 12.2. The van der Waals surface area contributed by atoms with E-state index < -0.39 is 0 Å². The molecule has 0 aliphatic heterocycles. The molecular weight excluding hydrogens is 202 g/mol. The minimum absolute atomic E-state index is 0.0850. The van der Waals surface area contributed by atoms with Crippen molar-refractivity contribution in [2.75, 3.05) is 0 Å². The Morgan fingerprint density at radius 2 is 1.81 bits per heavy atom. The van der Waals surface area contributed by atoms with Crippen LogP contribution < -0.4 is 5.32 Å². The van der Waals surface area contributed by atoms with E-state index >= 15 is 0 Å². The molecule has 0 radical (unpaired) electrons. The highest BCUT2D eigenvalue weighted by Gasteiger charge is 2.39. The third-order valence-corrected chi connectivity index (χ3v) is 3.90. The Hall–Kier alpha value is -0.860. The zero-order chi connectivity index (χ0) is 12.2. The Kier molecular flexibility index (Phi) is 4.51. The molecule has 0 saturated heterocycles. The van der Waals surface area contributed by atoms with E-state index in [4.69, 9.17) is 0 Å². The molecule has 92 valence electrons. The van der Waals surface area contributed by atoms with Gasteiger partial charge >= 0.3 is 0 Å². The van der Waals surface area contributed by atoms with Crippen LogP contribution in [-0.4, -0.2) is 17.7 Å². The largest absolute Gasteiger partial charge is 0.346 e. The van der Waals surface area contributed by atoms with E-state index in [1.807, 2.05) is 6.92 Å². The number of hydrogen-bond acceptors (Lipinski definition) is 2. The summed E-state index contributed by atoms with van der Waals surface area (Å²) in [5, 5.41) is 2.88. The fraction of sp³-hybridized carbons (Fsp3) is 0.846. The van der Waals surface area contributed by atoms with Gasteiger partial charge in [0.25, 0.3) is 0 Å². The number of rotatable bonds is 5. The molecule has 3 nitrogen and oxygen atoms in total. The minimum atomic E-state index is -0.332. The van der Waals surface area contributed by atoms with Crippen LogP contribution in [0, 0.1) is 5.41 Å². The lowest BCUT2D eigenvalue weighted by Crippen LogP contribution is -2.46. The standard InChI is InChI=1S/C13H23NO2/c1-4-11(15)10(3)14-12(16)13(5-2)8-6-7-9-13/h10H,4-9H2,1-3H3,(H,14,16). The zero-order valence-corrected chi connectivity index (χ0v) is 10.6. The number of amides is 1. The fourth-order valence-corrected chi connectivity index (χ4v) is 2.53. The number of carbonyl (C=O) groups excluding carboxylic acids is 2. The zero-order valence-electron chi connectivity index (χ0n) is 10.6. The van der Waals surface area contributed by atoms with Gasteiger partial charge in [0.2, 0.25) is 5.91 Å². The first kappa shape index (κ1) is 13.2. The Balaban J connectivity index is 2.60. The molecule has 1 saturated carbocycles. The highest BCUT2D eigenvalue weighted by Crippen LogP contribution is 2.41. The van der Waals surface area contributed by atoms with E-state index in [1.54, 1.807) is 6.92 Å². The van der Waals surface area contributed by atoms with Crippen molar-refractivity contribution in [1.82, 2.24) is 5.32 Å². The molecule has 0 aromatic heterocycles. The Labute approximate surface area is 98.0 Å². The maximum Gasteiger partial charge on any atom is 0.226 e. The molecule has 1 amide bonds. The van der Waals surface area contributed by atoms with Crippen molar-refractivity contribution in [3.05, 3.63) is 0 Å². The van der Waals surface area contributed by atoms with Gasteiger partial charge in [-0.1, -0.05) is 26.7 Å². The molecule has 0 aromatic carbocycles. The van der Waals surface area contributed by atoms with Gasteiger partial charge < -0.3 is 5.32 Å².